The number of hydrogen-bond donors (Lipinski definition) is 2. The largest absolute Gasteiger partial charge is 0.507 e. The number of carbonyl (C=O) groups is 1. The lowest BCUT2D eigenvalue weighted by Gasteiger charge is -2.22. The summed E-state index contributed by atoms with van der Waals surface area (Å²) in [6, 6.07) is 1.02. The zero-order valence-corrected chi connectivity index (χ0v) is 10.9. The highest BCUT2D eigenvalue weighted by Gasteiger charge is 2.18. The number of aromatic hydroxyl groups is 1. The molecule has 0 atom stereocenters. The van der Waals surface area contributed by atoms with E-state index in [1.54, 1.807) is 4.90 Å². The highest BCUT2D eigenvalue weighted by atomic mass is 16.3. The van der Waals surface area contributed by atoms with Gasteiger partial charge < -0.3 is 15.0 Å². The minimum absolute atomic E-state index is 0.152. The fourth-order valence-corrected chi connectivity index (χ4v) is 1.74. The lowest BCUT2D eigenvalue weighted by molar-refractivity contribution is 0.0750. The molecule has 2 N–H and O–H groups in total. The summed E-state index contributed by atoms with van der Waals surface area (Å²) in [5.74, 6) is -0.500. The summed E-state index contributed by atoms with van der Waals surface area (Å²) in [7, 11) is 0. The summed E-state index contributed by atoms with van der Waals surface area (Å²) in [6.07, 6.45) is 4.06. The van der Waals surface area contributed by atoms with Gasteiger partial charge in [0, 0.05) is 25.4 Å². The van der Waals surface area contributed by atoms with Gasteiger partial charge in [0.25, 0.3) is 11.5 Å². The predicted molar refractivity (Wildman–Crippen MR) is 69.8 cm³/mol. The van der Waals surface area contributed by atoms with E-state index in [1.807, 2.05) is 6.92 Å². The fourth-order valence-electron chi connectivity index (χ4n) is 1.74. The average molecular weight is 252 g/mol. The van der Waals surface area contributed by atoms with Crippen LogP contribution in [0.2, 0.25) is 0 Å². The molecule has 5 nitrogen and oxygen atoms in total. The monoisotopic (exact) mass is 252 g/mol. The van der Waals surface area contributed by atoms with Gasteiger partial charge in [-0.25, -0.2) is 0 Å². The first-order valence-electron chi connectivity index (χ1n) is 6.31. The highest BCUT2D eigenvalue weighted by molar-refractivity contribution is 5.96. The Hall–Kier alpha value is -1.78. The molecule has 1 rings (SSSR count). The molecule has 0 aromatic carbocycles. The molecule has 1 amide bonds. The van der Waals surface area contributed by atoms with Crippen molar-refractivity contribution >= 4 is 5.91 Å². The molecule has 0 aliphatic heterocycles. The number of pyridine rings is 1. The second-order valence-corrected chi connectivity index (χ2v) is 4.24. The van der Waals surface area contributed by atoms with Crippen LogP contribution in [-0.4, -0.2) is 34.0 Å². The Morgan fingerprint density at radius 2 is 2.06 bits per heavy atom. The Kier molecular flexibility index (Phi) is 5.42. The number of carbonyl (C=O) groups excluding carboxylic acids is 1. The maximum absolute atomic E-state index is 12.2. The number of rotatable bonds is 6. The van der Waals surface area contributed by atoms with E-state index >= 15 is 0 Å². The van der Waals surface area contributed by atoms with Gasteiger partial charge in [0.05, 0.1) is 5.56 Å². The lowest BCUT2D eigenvalue weighted by Crippen LogP contribution is -2.33. The molecule has 0 saturated carbocycles. The van der Waals surface area contributed by atoms with Gasteiger partial charge in [0.15, 0.2) is 0 Å². The summed E-state index contributed by atoms with van der Waals surface area (Å²) in [5.41, 5.74) is -0.265. The molecule has 0 aliphatic rings. The van der Waals surface area contributed by atoms with Crippen molar-refractivity contribution in [1.82, 2.24) is 9.88 Å². The molecule has 1 aromatic heterocycles. The van der Waals surface area contributed by atoms with Gasteiger partial charge in [-0.3, -0.25) is 9.59 Å². The van der Waals surface area contributed by atoms with Gasteiger partial charge >= 0.3 is 0 Å². The number of aromatic amines is 1. The van der Waals surface area contributed by atoms with Crippen LogP contribution in [0.4, 0.5) is 0 Å². The molecule has 1 aromatic rings. The second kappa shape index (κ2) is 6.83. The zero-order chi connectivity index (χ0) is 13.5. The molecule has 18 heavy (non-hydrogen) atoms. The summed E-state index contributed by atoms with van der Waals surface area (Å²) in [4.78, 5) is 27.3. The Morgan fingerprint density at radius 3 is 2.61 bits per heavy atom. The van der Waals surface area contributed by atoms with Gasteiger partial charge in [-0.2, -0.15) is 0 Å². The molecule has 0 bridgehead atoms. The van der Waals surface area contributed by atoms with Crippen LogP contribution < -0.4 is 5.56 Å². The van der Waals surface area contributed by atoms with Crippen molar-refractivity contribution in [1.29, 1.82) is 0 Å². The van der Waals surface area contributed by atoms with E-state index in [4.69, 9.17) is 0 Å². The van der Waals surface area contributed by atoms with E-state index in [9.17, 15) is 14.7 Å². The lowest BCUT2D eigenvalue weighted by atomic mass is 10.2. The predicted octanol–water partition coefficient (Wildman–Crippen LogP) is 1.73. The number of amides is 1. The molecule has 1 heterocycles. The van der Waals surface area contributed by atoms with Crippen molar-refractivity contribution in [3.05, 3.63) is 28.2 Å². The summed E-state index contributed by atoms with van der Waals surface area (Å²) in [6.45, 7) is 5.38. The summed E-state index contributed by atoms with van der Waals surface area (Å²) in [5, 5.41) is 9.64. The Balaban J connectivity index is 2.90. The zero-order valence-electron chi connectivity index (χ0n) is 10.9. The van der Waals surface area contributed by atoms with Crippen molar-refractivity contribution in [3.8, 4) is 5.75 Å². The standard InChI is InChI=1S/C13H20N2O3/c1-3-5-7-15(6-4-2)13(18)10-9-14-12(17)8-11(10)16/h8-9H,3-7H2,1-2H3,(H2,14,16,17). The maximum Gasteiger partial charge on any atom is 0.259 e. The van der Waals surface area contributed by atoms with Crippen molar-refractivity contribution in [2.24, 2.45) is 0 Å². The molecule has 0 saturated heterocycles. The van der Waals surface area contributed by atoms with Crippen molar-refractivity contribution in [3.63, 3.8) is 0 Å². The van der Waals surface area contributed by atoms with E-state index in [1.165, 1.54) is 6.20 Å². The Bertz CT molecular complexity index is 454. The van der Waals surface area contributed by atoms with E-state index in [2.05, 4.69) is 11.9 Å². The topological polar surface area (TPSA) is 73.4 Å². The van der Waals surface area contributed by atoms with E-state index < -0.39 is 5.56 Å². The van der Waals surface area contributed by atoms with Gasteiger partial charge in [-0.05, 0) is 12.8 Å². The molecule has 0 aliphatic carbocycles. The number of unbranched alkanes of at least 4 members (excludes halogenated alkanes) is 1. The average Bonchev–Trinajstić information content (AvgIpc) is 2.33. The number of nitrogens with zero attached hydrogens (tertiary/aromatic N) is 1. The molecule has 5 heteroatoms. The minimum atomic E-state index is -0.417. The van der Waals surface area contributed by atoms with Crippen LogP contribution in [0.3, 0.4) is 0 Å². The van der Waals surface area contributed by atoms with E-state index in [0.29, 0.717) is 13.1 Å². The number of H-pyrrole nitrogens is 1. The smallest absolute Gasteiger partial charge is 0.259 e. The molecule has 0 unspecified atom stereocenters. The van der Waals surface area contributed by atoms with E-state index in [-0.39, 0.29) is 17.2 Å². The van der Waals surface area contributed by atoms with Crippen LogP contribution in [0.25, 0.3) is 0 Å². The highest BCUT2D eigenvalue weighted by Crippen LogP contribution is 2.15. The van der Waals surface area contributed by atoms with Crippen LogP contribution in [-0.2, 0) is 0 Å². The minimum Gasteiger partial charge on any atom is -0.507 e. The van der Waals surface area contributed by atoms with Crippen LogP contribution in [0, 0.1) is 0 Å². The Morgan fingerprint density at radius 1 is 1.33 bits per heavy atom. The van der Waals surface area contributed by atoms with E-state index in [0.717, 1.165) is 25.3 Å². The van der Waals surface area contributed by atoms with Crippen LogP contribution in [0.5, 0.6) is 5.75 Å². The second-order valence-electron chi connectivity index (χ2n) is 4.24. The third-order valence-electron chi connectivity index (χ3n) is 2.70. The molecule has 100 valence electrons. The number of aromatic nitrogens is 1. The van der Waals surface area contributed by atoms with Gasteiger partial charge in [-0.1, -0.05) is 20.3 Å². The third-order valence-corrected chi connectivity index (χ3v) is 2.70. The van der Waals surface area contributed by atoms with Gasteiger partial charge in [-0.15, -0.1) is 0 Å². The van der Waals surface area contributed by atoms with Crippen molar-refractivity contribution in [2.75, 3.05) is 13.1 Å². The summed E-state index contributed by atoms with van der Waals surface area (Å²) >= 11 is 0. The van der Waals surface area contributed by atoms with Crippen LogP contribution >= 0.6 is 0 Å². The maximum atomic E-state index is 12.2. The fraction of sp³-hybridized carbons (Fsp3) is 0.538. The molecule has 0 fully saturated rings. The van der Waals surface area contributed by atoms with Crippen molar-refractivity contribution < 1.29 is 9.90 Å². The van der Waals surface area contributed by atoms with Gasteiger partial charge in [0.1, 0.15) is 5.75 Å². The van der Waals surface area contributed by atoms with Crippen molar-refractivity contribution in [2.45, 2.75) is 33.1 Å². The normalized spacial score (nSPS) is 10.3. The summed E-state index contributed by atoms with van der Waals surface area (Å²) < 4.78 is 0. The van der Waals surface area contributed by atoms with Crippen LogP contribution in [0.15, 0.2) is 17.1 Å². The van der Waals surface area contributed by atoms with Gasteiger partial charge in [0.2, 0.25) is 0 Å². The number of nitrogens with one attached hydrogen (secondary N) is 1. The quantitative estimate of drug-likeness (QED) is 0.809. The first-order valence-corrected chi connectivity index (χ1v) is 6.31. The first-order chi connectivity index (χ1) is 8.60. The SMILES string of the molecule is CCCCN(CCC)C(=O)c1c[nH]c(=O)cc1O. The molecular formula is C13H20N2O3. The van der Waals surface area contributed by atoms with Crippen LogP contribution in [0.1, 0.15) is 43.5 Å². The Labute approximate surface area is 106 Å². The third kappa shape index (κ3) is 3.61. The number of hydrogen-bond acceptors (Lipinski definition) is 3. The molecule has 0 spiro atoms. The molecule has 0 radical (unpaired) electrons. The first kappa shape index (κ1) is 14.3. The molecular weight excluding hydrogens is 232 g/mol.